The molecule has 2 N–H and O–H groups in total. The van der Waals surface area contributed by atoms with Crippen molar-refractivity contribution in [3.8, 4) is 0 Å². The minimum absolute atomic E-state index is 0.0141. The number of hydrazone groups is 1. The Hall–Kier alpha value is -1.35. The van der Waals surface area contributed by atoms with Crippen LogP contribution in [0.15, 0.2) is 35.4 Å². The lowest BCUT2D eigenvalue weighted by molar-refractivity contribution is 0.356. The zero-order chi connectivity index (χ0) is 8.81. The molecule has 0 fully saturated rings. The number of nitrogens with zero attached hydrogens (tertiary/aromatic N) is 1. The molecule has 0 unspecified atom stereocenters. The van der Waals surface area contributed by atoms with Crippen LogP contribution >= 0.6 is 0 Å². The summed E-state index contributed by atoms with van der Waals surface area (Å²) in [4.78, 5) is 0. The van der Waals surface area contributed by atoms with E-state index in [9.17, 15) is 0 Å². The standard InChI is InChI=1S/C9H12N2O/c1-8(7-12)10-11-9-5-3-2-4-6-9/h2-6,11-12H,7H2,1H3/b10-8-. The van der Waals surface area contributed by atoms with Crippen molar-refractivity contribution in [3.63, 3.8) is 0 Å². The van der Waals surface area contributed by atoms with Crippen LogP contribution in [0.1, 0.15) is 6.92 Å². The van der Waals surface area contributed by atoms with Gasteiger partial charge in [0.2, 0.25) is 0 Å². The number of benzene rings is 1. The Morgan fingerprint density at radius 3 is 2.67 bits per heavy atom. The van der Waals surface area contributed by atoms with Crippen molar-refractivity contribution in [2.24, 2.45) is 5.10 Å². The lowest BCUT2D eigenvalue weighted by Gasteiger charge is -1.99. The first-order valence-corrected chi connectivity index (χ1v) is 3.78. The van der Waals surface area contributed by atoms with Crippen molar-refractivity contribution < 1.29 is 5.11 Å². The van der Waals surface area contributed by atoms with Crippen LogP contribution in [0, 0.1) is 0 Å². The molecule has 0 amide bonds. The first-order valence-electron chi connectivity index (χ1n) is 3.78. The SMILES string of the molecule is C/C(CO)=N/Nc1ccccc1. The fourth-order valence-corrected chi connectivity index (χ4v) is 0.708. The molecule has 3 nitrogen and oxygen atoms in total. The lowest BCUT2D eigenvalue weighted by Crippen LogP contribution is -2.01. The van der Waals surface area contributed by atoms with Gasteiger partial charge in [-0.25, -0.2) is 0 Å². The van der Waals surface area contributed by atoms with Crippen molar-refractivity contribution >= 4 is 11.4 Å². The monoisotopic (exact) mass is 164 g/mol. The fourth-order valence-electron chi connectivity index (χ4n) is 0.708. The van der Waals surface area contributed by atoms with Gasteiger partial charge in [-0.1, -0.05) is 18.2 Å². The Balaban J connectivity index is 2.54. The molecule has 0 aliphatic carbocycles. The van der Waals surface area contributed by atoms with E-state index in [0.29, 0.717) is 5.71 Å². The van der Waals surface area contributed by atoms with Gasteiger partial charge in [-0.05, 0) is 19.1 Å². The molecule has 3 heteroatoms. The van der Waals surface area contributed by atoms with Gasteiger partial charge in [0.05, 0.1) is 18.0 Å². The van der Waals surface area contributed by atoms with Gasteiger partial charge in [0.25, 0.3) is 0 Å². The van der Waals surface area contributed by atoms with Gasteiger partial charge in [0.1, 0.15) is 0 Å². The fraction of sp³-hybridized carbons (Fsp3) is 0.222. The van der Waals surface area contributed by atoms with E-state index in [4.69, 9.17) is 5.11 Å². The molecule has 0 saturated heterocycles. The summed E-state index contributed by atoms with van der Waals surface area (Å²) < 4.78 is 0. The van der Waals surface area contributed by atoms with Crippen molar-refractivity contribution in [2.45, 2.75) is 6.92 Å². The molecule has 0 spiro atoms. The molecule has 1 aromatic rings. The third kappa shape index (κ3) is 2.72. The Bertz CT molecular complexity index is 256. The van der Waals surface area contributed by atoms with Gasteiger partial charge < -0.3 is 5.11 Å². The van der Waals surface area contributed by atoms with Crippen LogP contribution in [-0.4, -0.2) is 17.4 Å². The summed E-state index contributed by atoms with van der Waals surface area (Å²) >= 11 is 0. The van der Waals surface area contributed by atoms with E-state index in [1.165, 1.54) is 0 Å². The number of aliphatic hydroxyl groups excluding tert-OH is 1. The van der Waals surface area contributed by atoms with Gasteiger partial charge in [-0.2, -0.15) is 5.10 Å². The number of anilines is 1. The van der Waals surface area contributed by atoms with E-state index >= 15 is 0 Å². The van der Waals surface area contributed by atoms with Crippen LogP contribution in [0.5, 0.6) is 0 Å². The average molecular weight is 164 g/mol. The number of rotatable bonds is 3. The average Bonchev–Trinajstić information content (AvgIpc) is 2.16. The van der Waals surface area contributed by atoms with Gasteiger partial charge in [-0.3, -0.25) is 5.43 Å². The lowest BCUT2D eigenvalue weighted by atomic mass is 10.3. The van der Waals surface area contributed by atoms with E-state index in [0.717, 1.165) is 5.69 Å². The first kappa shape index (κ1) is 8.74. The zero-order valence-corrected chi connectivity index (χ0v) is 6.99. The Kier molecular flexibility index (Phi) is 3.29. The maximum Gasteiger partial charge on any atom is 0.0828 e. The summed E-state index contributed by atoms with van der Waals surface area (Å²) in [5, 5.41) is 12.6. The number of hydrogen-bond acceptors (Lipinski definition) is 3. The predicted molar refractivity (Wildman–Crippen MR) is 50.3 cm³/mol. The van der Waals surface area contributed by atoms with Crippen LogP contribution in [0.4, 0.5) is 5.69 Å². The number of aliphatic hydroxyl groups is 1. The highest BCUT2D eigenvalue weighted by atomic mass is 16.3. The summed E-state index contributed by atoms with van der Waals surface area (Å²) in [6.07, 6.45) is 0. The number of hydrogen-bond donors (Lipinski definition) is 2. The van der Waals surface area contributed by atoms with Crippen molar-refractivity contribution in [1.82, 2.24) is 0 Å². The number of para-hydroxylation sites is 1. The second kappa shape index (κ2) is 4.51. The third-order valence-corrected chi connectivity index (χ3v) is 1.38. The van der Waals surface area contributed by atoms with Crippen LogP contribution in [0.3, 0.4) is 0 Å². The van der Waals surface area contributed by atoms with Crippen molar-refractivity contribution in [3.05, 3.63) is 30.3 Å². The van der Waals surface area contributed by atoms with E-state index in [2.05, 4.69) is 10.5 Å². The zero-order valence-electron chi connectivity index (χ0n) is 6.99. The molecule has 0 saturated carbocycles. The third-order valence-electron chi connectivity index (χ3n) is 1.38. The first-order chi connectivity index (χ1) is 5.83. The summed E-state index contributed by atoms with van der Waals surface area (Å²) in [7, 11) is 0. The molecule has 0 atom stereocenters. The summed E-state index contributed by atoms with van der Waals surface area (Å²) in [5.41, 5.74) is 4.41. The summed E-state index contributed by atoms with van der Waals surface area (Å²) in [5.74, 6) is 0. The maximum absolute atomic E-state index is 8.64. The summed E-state index contributed by atoms with van der Waals surface area (Å²) in [6, 6.07) is 9.61. The molecule has 12 heavy (non-hydrogen) atoms. The highest BCUT2D eigenvalue weighted by molar-refractivity contribution is 5.83. The largest absolute Gasteiger partial charge is 0.390 e. The second-order valence-electron chi connectivity index (χ2n) is 2.48. The summed E-state index contributed by atoms with van der Waals surface area (Å²) in [6.45, 7) is 1.75. The molecule has 0 aliphatic heterocycles. The minimum atomic E-state index is -0.0141. The molecular formula is C9H12N2O. The van der Waals surface area contributed by atoms with E-state index < -0.39 is 0 Å². The second-order valence-corrected chi connectivity index (χ2v) is 2.48. The quantitative estimate of drug-likeness (QED) is 0.525. The Morgan fingerprint density at radius 2 is 2.08 bits per heavy atom. The van der Waals surface area contributed by atoms with Crippen molar-refractivity contribution in [2.75, 3.05) is 12.0 Å². The van der Waals surface area contributed by atoms with Gasteiger partial charge in [0, 0.05) is 0 Å². The predicted octanol–water partition coefficient (Wildman–Crippen LogP) is 1.47. The van der Waals surface area contributed by atoms with E-state index in [1.54, 1.807) is 6.92 Å². The normalized spacial score (nSPS) is 11.3. The van der Waals surface area contributed by atoms with Crippen LogP contribution in [0.25, 0.3) is 0 Å². The molecule has 0 bridgehead atoms. The molecule has 0 aliphatic rings. The molecule has 0 aromatic heterocycles. The molecule has 1 rings (SSSR count). The highest BCUT2D eigenvalue weighted by Crippen LogP contribution is 2.04. The minimum Gasteiger partial charge on any atom is -0.390 e. The van der Waals surface area contributed by atoms with Gasteiger partial charge in [0.15, 0.2) is 0 Å². The van der Waals surface area contributed by atoms with Gasteiger partial charge >= 0.3 is 0 Å². The van der Waals surface area contributed by atoms with Crippen LogP contribution < -0.4 is 5.43 Å². The highest BCUT2D eigenvalue weighted by Gasteiger charge is 1.87. The molecule has 64 valence electrons. The molecule has 1 aromatic carbocycles. The number of nitrogens with one attached hydrogen (secondary N) is 1. The van der Waals surface area contributed by atoms with E-state index in [1.807, 2.05) is 30.3 Å². The van der Waals surface area contributed by atoms with Gasteiger partial charge in [-0.15, -0.1) is 0 Å². The molecule has 0 heterocycles. The Labute approximate surface area is 71.7 Å². The van der Waals surface area contributed by atoms with Crippen LogP contribution in [0.2, 0.25) is 0 Å². The topological polar surface area (TPSA) is 44.6 Å². The smallest absolute Gasteiger partial charge is 0.0828 e. The van der Waals surface area contributed by atoms with Crippen molar-refractivity contribution in [1.29, 1.82) is 0 Å². The van der Waals surface area contributed by atoms with E-state index in [-0.39, 0.29) is 6.61 Å². The molecular weight excluding hydrogens is 152 g/mol. The van der Waals surface area contributed by atoms with Crippen LogP contribution in [-0.2, 0) is 0 Å². The maximum atomic E-state index is 8.64. The molecule has 0 radical (unpaired) electrons. The Morgan fingerprint density at radius 1 is 1.42 bits per heavy atom.